The Balaban J connectivity index is 2.23. The van der Waals surface area contributed by atoms with Crippen LogP contribution in [0.25, 0.3) is 0 Å². The normalized spacial score (nSPS) is 16.9. The van der Waals surface area contributed by atoms with Crippen LogP contribution in [0.1, 0.15) is 0 Å². The van der Waals surface area contributed by atoms with Gasteiger partial charge in [0.05, 0.1) is 4.92 Å². The van der Waals surface area contributed by atoms with Crippen molar-refractivity contribution < 1.29 is 4.92 Å². The Labute approximate surface area is 117 Å². The number of aromatic nitrogens is 2. The minimum absolute atomic E-state index is 0.101. The molecule has 0 spiro atoms. The minimum Gasteiger partial charge on any atom is -0.357 e. The van der Waals surface area contributed by atoms with Gasteiger partial charge in [-0.3, -0.25) is 15.5 Å². The fraction of sp³-hybridized carbons (Fsp3) is 0.636. The van der Waals surface area contributed by atoms with Crippen LogP contribution in [0, 0.1) is 10.1 Å². The van der Waals surface area contributed by atoms with Gasteiger partial charge >= 0.3 is 5.69 Å². The first-order valence-electron chi connectivity index (χ1n) is 6.36. The highest BCUT2D eigenvalue weighted by Crippen LogP contribution is 2.30. The number of hydrogen-bond donors (Lipinski definition) is 1. The summed E-state index contributed by atoms with van der Waals surface area (Å²) in [7, 11) is 5.48. The number of likely N-dealkylation sites (N-methyl/N-ethyl adjacent to an activating group) is 1. The summed E-state index contributed by atoms with van der Waals surface area (Å²) in [4.78, 5) is 22.6. The first-order chi connectivity index (χ1) is 9.49. The van der Waals surface area contributed by atoms with Crippen LogP contribution in [0.4, 0.5) is 17.3 Å². The number of nitrogens with one attached hydrogen (secondary N) is 1. The van der Waals surface area contributed by atoms with Crippen LogP contribution in [0.3, 0.4) is 0 Å². The lowest BCUT2D eigenvalue weighted by Crippen LogP contribution is -2.47. The summed E-state index contributed by atoms with van der Waals surface area (Å²) < 4.78 is 0. The molecule has 1 aliphatic heterocycles. The Morgan fingerprint density at radius 1 is 1.30 bits per heavy atom. The molecule has 1 aromatic heterocycles. The smallest absolute Gasteiger partial charge is 0.354 e. The van der Waals surface area contributed by atoms with Crippen LogP contribution in [-0.2, 0) is 0 Å². The Bertz CT molecular complexity index is 486. The molecule has 0 radical (unpaired) electrons. The van der Waals surface area contributed by atoms with Crippen LogP contribution < -0.4 is 10.3 Å². The molecule has 9 heteroatoms. The molecule has 1 N–H and O–H groups in total. The van der Waals surface area contributed by atoms with Crippen molar-refractivity contribution in [2.75, 3.05) is 57.6 Å². The summed E-state index contributed by atoms with van der Waals surface area (Å²) in [6.45, 7) is 3.39. The third kappa shape index (κ3) is 3.11. The minimum atomic E-state index is -0.451. The average Bonchev–Trinajstić information content (AvgIpc) is 2.40. The van der Waals surface area contributed by atoms with E-state index in [-0.39, 0.29) is 11.5 Å². The lowest BCUT2D eigenvalue weighted by molar-refractivity contribution is -0.383. The Hall–Kier alpha value is -2.00. The highest BCUT2D eigenvalue weighted by molar-refractivity contribution is 5.69. The topological polar surface area (TPSA) is 90.7 Å². The van der Waals surface area contributed by atoms with E-state index in [2.05, 4.69) is 27.3 Å². The molecule has 2 heterocycles. The van der Waals surface area contributed by atoms with Gasteiger partial charge in [0.15, 0.2) is 0 Å². The largest absolute Gasteiger partial charge is 0.357 e. The van der Waals surface area contributed by atoms with Gasteiger partial charge in [-0.2, -0.15) is 0 Å². The van der Waals surface area contributed by atoms with Gasteiger partial charge in [-0.1, -0.05) is 0 Å². The molecule has 2 rings (SSSR count). The van der Waals surface area contributed by atoms with Crippen LogP contribution in [-0.4, -0.2) is 72.1 Å². The van der Waals surface area contributed by atoms with Crippen molar-refractivity contribution >= 4 is 17.3 Å². The first-order valence-corrected chi connectivity index (χ1v) is 6.36. The number of nitro groups is 1. The summed E-state index contributed by atoms with van der Waals surface area (Å²) in [6, 6.07) is 0. The molecule has 1 aromatic rings. The molecule has 0 amide bonds. The number of hydrogen-bond acceptors (Lipinski definition) is 8. The van der Waals surface area contributed by atoms with E-state index in [9.17, 15) is 10.1 Å². The monoisotopic (exact) mass is 281 g/mol. The zero-order chi connectivity index (χ0) is 14.7. The van der Waals surface area contributed by atoms with Crippen LogP contribution in [0.15, 0.2) is 6.33 Å². The SMILES string of the molecule is CN1CCN(Nc2ncnc(N(C)C)c2[N+](=O)[O-])CC1. The molecular weight excluding hydrogens is 262 g/mol. The van der Waals surface area contributed by atoms with Crippen LogP contribution >= 0.6 is 0 Å². The molecule has 110 valence electrons. The molecule has 1 aliphatic rings. The second-order valence-electron chi connectivity index (χ2n) is 4.95. The van der Waals surface area contributed by atoms with Gasteiger partial charge in [0.2, 0.25) is 11.6 Å². The van der Waals surface area contributed by atoms with E-state index in [1.54, 1.807) is 19.0 Å². The molecule has 0 unspecified atom stereocenters. The summed E-state index contributed by atoms with van der Waals surface area (Å²) >= 11 is 0. The molecule has 1 fully saturated rings. The molecular formula is C11H19N7O2. The maximum Gasteiger partial charge on any atom is 0.354 e. The Kier molecular flexibility index (Phi) is 4.30. The van der Waals surface area contributed by atoms with Crippen molar-refractivity contribution in [3.63, 3.8) is 0 Å². The van der Waals surface area contributed by atoms with Crippen LogP contribution in [0.2, 0.25) is 0 Å². The van der Waals surface area contributed by atoms with E-state index in [0.717, 1.165) is 26.2 Å². The van der Waals surface area contributed by atoms with Crippen molar-refractivity contribution in [1.82, 2.24) is 19.9 Å². The van der Waals surface area contributed by atoms with Crippen LogP contribution in [0.5, 0.6) is 0 Å². The second-order valence-corrected chi connectivity index (χ2v) is 4.95. The highest BCUT2D eigenvalue weighted by atomic mass is 16.6. The zero-order valence-corrected chi connectivity index (χ0v) is 11.9. The summed E-state index contributed by atoms with van der Waals surface area (Å²) in [5.41, 5.74) is 2.93. The number of nitrogens with zero attached hydrogens (tertiary/aromatic N) is 6. The first kappa shape index (κ1) is 14.4. The van der Waals surface area contributed by atoms with Crippen molar-refractivity contribution in [3.05, 3.63) is 16.4 Å². The van der Waals surface area contributed by atoms with Crippen molar-refractivity contribution in [3.8, 4) is 0 Å². The predicted octanol–water partition coefficient (Wildman–Crippen LogP) is 0.0251. The van der Waals surface area contributed by atoms with E-state index >= 15 is 0 Å². The molecule has 0 bridgehead atoms. The number of piperazine rings is 1. The second kappa shape index (κ2) is 5.97. The van der Waals surface area contributed by atoms with E-state index in [0.29, 0.717) is 5.82 Å². The Morgan fingerprint density at radius 2 is 1.95 bits per heavy atom. The van der Waals surface area contributed by atoms with Gasteiger partial charge in [-0.25, -0.2) is 15.0 Å². The number of rotatable bonds is 4. The third-order valence-corrected chi connectivity index (χ3v) is 3.18. The summed E-state index contributed by atoms with van der Waals surface area (Å²) in [6.07, 6.45) is 1.33. The Morgan fingerprint density at radius 3 is 2.50 bits per heavy atom. The van der Waals surface area contributed by atoms with Crippen molar-refractivity contribution in [2.45, 2.75) is 0 Å². The van der Waals surface area contributed by atoms with Gasteiger partial charge in [-0.05, 0) is 7.05 Å². The van der Waals surface area contributed by atoms with E-state index in [4.69, 9.17) is 0 Å². The molecule has 0 aromatic carbocycles. The third-order valence-electron chi connectivity index (χ3n) is 3.18. The number of hydrazine groups is 1. The van der Waals surface area contributed by atoms with Crippen molar-refractivity contribution in [2.24, 2.45) is 0 Å². The molecule has 20 heavy (non-hydrogen) atoms. The lowest BCUT2D eigenvalue weighted by Gasteiger charge is -2.32. The van der Waals surface area contributed by atoms with E-state index in [1.807, 2.05) is 5.01 Å². The quantitative estimate of drug-likeness (QED) is 0.610. The average molecular weight is 281 g/mol. The summed E-state index contributed by atoms with van der Waals surface area (Å²) in [5, 5.41) is 13.2. The summed E-state index contributed by atoms with van der Waals surface area (Å²) in [5.74, 6) is 0.528. The fourth-order valence-electron chi connectivity index (χ4n) is 2.01. The molecule has 1 saturated heterocycles. The lowest BCUT2D eigenvalue weighted by atomic mass is 10.4. The molecule has 0 saturated carbocycles. The van der Waals surface area contributed by atoms with Gasteiger partial charge in [-0.15, -0.1) is 0 Å². The maximum atomic E-state index is 11.3. The molecule has 0 aliphatic carbocycles. The fourth-order valence-corrected chi connectivity index (χ4v) is 2.01. The van der Waals surface area contributed by atoms with Gasteiger partial charge < -0.3 is 9.80 Å². The predicted molar refractivity (Wildman–Crippen MR) is 75.7 cm³/mol. The van der Waals surface area contributed by atoms with Crippen molar-refractivity contribution in [1.29, 1.82) is 0 Å². The molecule has 9 nitrogen and oxygen atoms in total. The van der Waals surface area contributed by atoms with Gasteiger partial charge in [0.25, 0.3) is 0 Å². The maximum absolute atomic E-state index is 11.3. The molecule has 0 atom stereocenters. The van der Waals surface area contributed by atoms with E-state index in [1.165, 1.54) is 6.33 Å². The number of anilines is 2. The van der Waals surface area contributed by atoms with Gasteiger partial charge in [0.1, 0.15) is 6.33 Å². The van der Waals surface area contributed by atoms with Gasteiger partial charge in [0, 0.05) is 40.3 Å². The zero-order valence-electron chi connectivity index (χ0n) is 11.9. The standard InChI is InChI=1S/C11H19N7O2/c1-15(2)11-9(18(19)20)10(12-8-13-11)14-17-6-4-16(3)5-7-17/h8H,4-7H2,1-3H3,(H,12,13,14). The highest BCUT2D eigenvalue weighted by Gasteiger charge is 2.26. The van der Waals surface area contributed by atoms with E-state index < -0.39 is 4.92 Å².